The van der Waals surface area contributed by atoms with Gasteiger partial charge in [-0.05, 0) is 48.1 Å². The molecular formula is C29H32N3O+. The number of hydrogen-bond acceptors (Lipinski definition) is 2. The smallest absolute Gasteiger partial charge is 0.279 e. The Bertz CT molecular complexity index is 1610. The van der Waals surface area contributed by atoms with Crippen molar-refractivity contribution < 1.29 is 13.1 Å². The first-order chi connectivity index (χ1) is 17.0. The maximum Gasteiger partial charge on any atom is 0.279 e. The van der Waals surface area contributed by atoms with Gasteiger partial charge < -0.3 is 4.42 Å². The van der Waals surface area contributed by atoms with Crippen molar-refractivity contribution in [1.29, 1.82) is 0 Å². The molecule has 0 saturated heterocycles. The van der Waals surface area contributed by atoms with E-state index >= 15 is 0 Å². The Morgan fingerprint density at radius 2 is 1.70 bits per heavy atom. The van der Waals surface area contributed by atoms with Crippen LogP contribution in [0.4, 0.5) is 0 Å². The minimum atomic E-state index is -2.41. The molecule has 0 N–H and O–H groups in total. The van der Waals surface area contributed by atoms with Gasteiger partial charge in [0.25, 0.3) is 11.6 Å². The third kappa shape index (κ3) is 3.28. The van der Waals surface area contributed by atoms with E-state index in [9.17, 15) is 0 Å². The molecule has 0 atom stereocenters. The van der Waals surface area contributed by atoms with Gasteiger partial charge in [0.05, 0.1) is 12.6 Å². The van der Waals surface area contributed by atoms with Gasteiger partial charge in [-0.2, -0.15) is 4.57 Å². The monoisotopic (exact) mass is 441 g/mol. The summed E-state index contributed by atoms with van der Waals surface area (Å²) < 4.78 is 35.3. The molecule has 33 heavy (non-hydrogen) atoms. The highest BCUT2D eigenvalue weighted by atomic mass is 16.3. The predicted molar refractivity (Wildman–Crippen MR) is 135 cm³/mol. The van der Waals surface area contributed by atoms with E-state index in [1.165, 1.54) is 0 Å². The van der Waals surface area contributed by atoms with E-state index in [1.807, 2.05) is 61.0 Å². The lowest BCUT2D eigenvalue weighted by atomic mass is 9.89. The van der Waals surface area contributed by atoms with Crippen molar-refractivity contribution >= 4 is 21.9 Å². The van der Waals surface area contributed by atoms with Gasteiger partial charge in [0, 0.05) is 32.4 Å². The van der Waals surface area contributed by atoms with Crippen LogP contribution in [0.3, 0.4) is 0 Å². The molecule has 0 aliphatic heterocycles. The van der Waals surface area contributed by atoms with Crippen molar-refractivity contribution in [2.45, 2.75) is 53.3 Å². The third-order valence-electron chi connectivity index (χ3n) is 6.49. The Labute approximate surface area is 199 Å². The van der Waals surface area contributed by atoms with Crippen molar-refractivity contribution in [3.8, 4) is 17.1 Å². The van der Waals surface area contributed by atoms with Crippen molar-refractivity contribution in [2.75, 3.05) is 0 Å². The molecule has 0 radical (unpaired) electrons. The highest BCUT2D eigenvalue weighted by Crippen LogP contribution is 2.40. The lowest BCUT2D eigenvalue weighted by molar-refractivity contribution is -0.592. The quantitative estimate of drug-likeness (QED) is 0.278. The summed E-state index contributed by atoms with van der Waals surface area (Å²) in [7, 11) is 1.82. The lowest BCUT2D eigenvalue weighted by Crippen LogP contribution is -2.38. The van der Waals surface area contributed by atoms with Gasteiger partial charge in [0.15, 0.2) is 0 Å². The fourth-order valence-corrected chi connectivity index (χ4v) is 4.93. The SMILES string of the molecule is [2H]C([2H])([2H])c1nn(C)c(-c2ccccc2C)[n+]1-c1c(C(C)C)cc2c(oc3ccccc32)c1C(C)C. The summed E-state index contributed by atoms with van der Waals surface area (Å²) >= 11 is 0. The topological polar surface area (TPSA) is 34.8 Å². The largest absolute Gasteiger partial charge is 0.456 e. The Kier molecular flexibility index (Phi) is 4.31. The predicted octanol–water partition coefficient (Wildman–Crippen LogP) is 7.13. The van der Waals surface area contributed by atoms with Gasteiger partial charge in [0.1, 0.15) is 16.9 Å². The minimum Gasteiger partial charge on any atom is -0.456 e. The molecule has 2 aromatic heterocycles. The average Bonchev–Trinajstić information content (AvgIpc) is 3.35. The number of aryl methyl sites for hydroxylation is 3. The highest BCUT2D eigenvalue weighted by Gasteiger charge is 2.32. The van der Waals surface area contributed by atoms with E-state index in [1.54, 1.807) is 4.68 Å². The molecular weight excluding hydrogens is 406 g/mol. The fraction of sp³-hybridized carbons (Fsp3) is 0.310. The van der Waals surface area contributed by atoms with Crippen LogP contribution in [-0.2, 0) is 7.05 Å². The zero-order chi connectivity index (χ0) is 25.9. The summed E-state index contributed by atoms with van der Waals surface area (Å²) in [6, 6.07) is 18.3. The van der Waals surface area contributed by atoms with Crippen LogP contribution in [0.25, 0.3) is 39.0 Å². The molecule has 4 heteroatoms. The number of fused-ring (bicyclic) bond motifs is 3. The molecule has 3 aromatic carbocycles. The maximum atomic E-state index is 8.41. The van der Waals surface area contributed by atoms with E-state index in [0.29, 0.717) is 0 Å². The molecule has 2 heterocycles. The molecule has 4 nitrogen and oxygen atoms in total. The molecule has 5 rings (SSSR count). The molecule has 0 saturated carbocycles. The molecule has 168 valence electrons. The van der Waals surface area contributed by atoms with Crippen molar-refractivity contribution in [3.63, 3.8) is 0 Å². The number of benzene rings is 3. The average molecular weight is 442 g/mol. The molecule has 0 bridgehead atoms. The molecule has 0 aliphatic carbocycles. The number of nitrogens with zero attached hydrogens (tertiary/aromatic N) is 3. The van der Waals surface area contributed by atoms with E-state index < -0.39 is 6.85 Å². The summed E-state index contributed by atoms with van der Waals surface area (Å²) in [5, 5.41) is 6.70. The molecule has 0 amide bonds. The van der Waals surface area contributed by atoms with E-state index in [2.05, 4.69) is 44.9 Å². The van der Waals surface area contributed by atoms with Crippen LogP contribution in [0.5, 0.6) is 0 Å². The molecule has 0 aliphatic rings. The Balaban J connectivity index is 2.03. The number of rotatable bonds is 4. The molecule has 0 fully saturated rings. The summed E-state index contributed by atoms with van der Waals surface area (Å²) in [5.74, 6) is 0.988. The maximum absolute atomic E-state index is 8.41. The highest BCUT2D eigenvalue weighted by molar-refractivity contribution is 6.07. The molecule has 0 unspecified atom stereocenters. The number of aromatic nitrogens is 3. The second-order valence-electron chi connectivity index (χ2n) is 9.43. The lowest BCUT2D eigenvalue weighted by Gasteiger charge is -2.20. The van der Waals surface area contributed by atoms with Gasteiger partial charge in [-0.1, -0.05) is 64.1 Å². The van der Waals surface area contributed by atoms with Crippen LogP contribution in [0.15, 0.2) is 59.0 Å². The van der Waals surface area contributed by atoms with Crippen molar-refractivity contribution in [2.24, 2.45) is 7.05 Å². The third-order valence-corrected chi connectivity index (χ3v) is 6.49. The summed E-state index contributed by atoms with van der Waals surface area (Å²) in [6.45, 7) is 8.19. The standard InChI is InChI=1S/C29H32N3O/c1-17(2)23-16-24-22-14-10-11-15-25(22)33-28(24)26(18(3)4)27(23)32-20(6)30-31(7)29(32)21-13-9-8-12-19(21)5/h8-18H,1-7H3/q+1/i6D3. The summed E-state index contributed by atoms with van der Waals surface area (Å²) in [5.41, 5.74) is 6.53. The van der Waals surface area contributed by atoms with Gasteiger partial charge >= 0.3 is 0 Å². The van der Waals surface area contributed by atoms with E-state index in [-0.39, 0.29) is 17.7 Å². The van der Waals surface area contributed by atoms with Crippen molar-refractivity contribution in [3.05, 3.63) is 77.1 Å². The minimum absolute atomic E-state index is 0.0440. The van der Waals surface area contributed by atoms with Crippen molar-refractivity contribution in [1.82, 2.24) is 9.78 Å². The van der Waals surface area contributed by atoms with Gasteiger partial charge in [-0.3, -0.25) is 0 Å². The van der Waals surface area contributed by atoms with Crippen LogP contribution in [0, 0.1) is 13.8 Å². The first-order valence-electron chi connectivity index (χ1n) is 13.0. The molecule has 5 aromatic rings. The van der Waals surface area contributed by atoms with Gasteiger partial charge in [-0.25, -0.2) is 0 Å². The fourth-order valence-electron chi connectivity index (χ4n) is 4.93. The summed E-state index contributed by atoms with van der Waals surface area (Å²) in [6.07, 6.45) is 0. The second kappa shape index (κ2) is 7.87. The first kappa shape index (κ1) is 18.1. The normalized spacial score (nSPS) is 13.8. The number of furan rings is 1. The molecule has 0 spiro atoms. The Hall–Kier alpha value is -3.40. The number of hydrogen-bond donors (Lipinski definition) is 0. The van der Waals surface area contributed by atoms with E-state index in [4.69, 9.17) is 8.53 Å². The zero-order valence-corrected chi connectivity index (χ0v) is 20.1. The Morgan fingerprint density at radius 1 is 0.970 bits per heavy atom. The van der Waals surface area contributed by atoms with Crippen LogP contribution in [0.2, 0.25) is 0 Å². The second-order valence-corrected chi connectivity index (χ2v) is 9.43. The van der Waals surface area contributed by atoms with Crippen LogP contribution in [0.1, 0.15) is 66.2 Å². The summed E-state index contributed by atoms with van der Waals surface area (Å²) in [4.78, 5) is 0. The van der Waals surface area contributed by atoms with E-state index in [0.717, 1.165) is 55.7 Å². The number of para-hydroxylation sites is 1. The van der Waals surface area contributed by atoms with Gasteiger partial charge in [0.2, 0.25) is 0 Å². The van der Waals surface area contributed by atoms with Crippen LogP contribution >= 0.6 is 0 Å². The van der Waals surface area contributed by atoms with Gasteiger partial charge in [-0.15, -0.1) is 4.68 Å². The van der Waals surface area contributed by atoms with Crippen LogP contribution < -0.4 is 4.57 Å². The Morgan fingerprint density at radius 3 is 2.39 bits per heavy atom. The zero-order valence-electron chi connectivity index (χ0n) is 23.1. The first-order valence-corrected chi connectivity index (χ1v) is 11.5. The van der Waals surface area contributed by atoms with Crippen LogP contribution in [-0.4, -0.2) is 9.78 Å².